The maximum absolute atomic E-state index is 12.9. The smallest absolute Gasteiger partial charge is 0.352 e. The molecule has 3 rings (SSSR count). The maximum Gasteiger partial charge on any atom is 0.352 e. The van der Waals surface area contributed by atoms with Crippen molar-refractivity contribution in [3.63, 3.8) is 0 Å². The summed E-state index contributed by atoms with van der Waals surface area (Å²) in [5, 5.41) is 9.51. The molecule has 0 atom stereocenters. The number of anilines is 1. The van der Waals surface area contributed by atoms with Gasteiger partial charge in [-0.15, -0.1) is 0 Å². The highest BCUT2D eigenvalue weighted by Gasteiger charge is 2.16. The number of carbonyl (C=O) groups is 1. The van der Waals surface area contributed by atoms with E-state index in [2.05, 4.69) is 4.98 Å². The zero-order valence-corrected chi connectivity index (χ0v) is 12.8. The fourth-order valence-electron chi connectivity index (χ4n) is 2.05. The third-order valence-electron chi connectivity index (χ3n) is 3.18. The molecule has 0 aliphatic carbocycles. The van der Waals surface area contributed by atoms with Crippen molar-refractivity contribution in [2.24, 2.45) is 0 Å². The highest BCUT2D eigenvalue weighted by Crippen LogP contribution is 2.28. The minimum Gasteiger partial charge on any atom is -0.477 e. The fourth-order valence-corrected chi connectivity index (χ4v) is 2.94. The Hall–Kier alpha value is -2.74. The van der Waals surface area contributed by atoms with Gasteiger partial charge in [-0.2, -0.15) is 4.98 Å². The number of aromatic nitrogens is 1. The zero-order valence-electron chi connectivity index (χ0n) is 11.9. The van der Waals surface area contributed by atoms with Crippen molar-refractivity contribution in [2.45, 2.75) is 6.54 Å². The number of carboxylic acids is 1. The lowest BCUT2D eigenvalue weighted by molar-refractivity contribution is 0.0692. The first-order valence-electron chi connectivity index (χ1n) is 6.57. The van der Waals surface area contributed by atoms with Gasteiger partial charge in [0, 0.05) is 13.6 Å². The van der Waals surface area contributed by atoms with Gasteiger partial charge in [-0.25, -0.2) is 14.0 Å². The van der Waals surface area contributed by atoms with Gasteiger partial charge >= 0.3 is 11.6 Å². The van der Waals surface area contributed by atoms with Crippen LogP contribution in [0, 0.1) is 5.82 Å². The molecule has 0 bridgehead atoms. The Morgan fingerprint density at radius 3 is 2.74 bits per heavy atom. The molecule has 2 aromatic heterocycles. The third kappa shape index (κ3) is 3.07. The summed E-state index contributed by atoms with van der Waals surface area (Å²) in [5.41, 5.74) is -0.358. The number of fused-ring (bicyclic) bond motifs is 1. The van der Waals surface area contributed by atoms with Crippen LogP contribution in [-0.2, 0) is 6.54 Å². The van der Waals surface area contributed by atoms with Crippen molar-refractivity contribution < 1.29 is 18.7 Å². The molecule has 0 radical (unpaired) electrons. The second kappa shape index (κ2) is 5.81. The Morgan fingerprint density at radius 1 is 1.39 bits per heavy atom. The highest BCUT2D eigenvalue weighted by atomic mass is 32.1. The Kier molecular flexibility index (Phi) is 3.83. The molecule has 2 heterocycles. The second-order valence-corrected chi connectivity index (χ2v) is 5.91. The van der Waals surface area contributed by atoms with Crippen molar-refractivity contribution in [1.82, 2.24) is 4.98 Å². The van der Waals surface area contributed by atoms with Crippen LogP contribution in [0.3, 0.4) is 0 Å². The van der Waals surface area contributed by atoms with E-state index in [-0.39, 0.29) is 11.5 Å². The molecule has 23 heavy (non-hydrogen) atoms. The lowest BCUT2D eigenvalue weighted by Gasteiger charge is -2.15. The number of hydrogen-bond acceptors (Lipinski definition) is 6. The number of hydrogen-bond donors (Lipinski definition) is 1. The molecule has 0 amide bonds. The van der Waals surface area contributed by atoms with E-state index in [4.69, 9.17) is 9.52 Å². The van der Waals surface area contributed by atoms with Crippen LogP contribution in [0.4, 0.5) is 9.52 Å². The van der Waals surface area contributed by atoms with Crippen molar-refractivity contribution in [2.75, 3.05) is 11.9 Å². The topological polar surface area (TPSA) is 83.6 Å². The molecule has 1 aromatic carbocycles. The molecular weight excluding hydrogens is 323 g/mol. The highest BCUT2D eigenvalue weighted by molar-refractivity contribution is 7.22. The van der Waals surface area contributed by atoms with Gasteiger partial charge in [-0.1, -0.05) is 23.5 Å². The first-order valence-corrected chi connectivity index (χ1v) is 7.39. The number of halogens is 1. The summed E-state index contributed by atoms with van der Waals surface area (Å²) in [5.74, 6) is -1.64. The van der Waals surface area contributed by atoms with Crippen molar-refractivity contribution >= 4 is 32.9 Å². The number of carboxylic acid groups (broad SMARTS) is 1. The molecule has 6 nitrogen and oxygen atoms in total. The summed E-state index contributed by atoms with van der Waals surface area (Å²) in [6.45, 7) is 0.482. The number of thiazole rings is 1. The largest absolute Gasteiger partial charge is 0.477 e. The molecule has 0 saturated carbocycles. The fraction of sp³-hybridized carbons (Fsp3) is 0.133. The SMILES string of the molecule is CN(Cc1ccc(F)cc1)c1nc2oc(=O)c(C(=O)O)cc2s1. The predicted molar refractivity (Wildman–Crippen MR) is 83.6 cm³/mol. The number of aromatic carboxylic acids is 1. The Balaban J connectivity index is 1.91. The average molecular weight is 334 g/mol. The van der Waals surface area contributed by atoms with Crippen LogP contribution in [0.2, 0.25) is 0 Å². The molecule has 0 aliphatic heterocycles. The van der Waals surface area contributed by atoms with E-state index in [1.165, 1.54) is 29.5 Å². The first kappa shape index (κ1) is 15.2. The van der Waals surface area contributed by atoms with Crippen LogP contribution in [0.25, 0.3) is 10.4 Å². The second-order valence-electron chi connectivity index (χ2n) is 4.90. The van der Waals surface area contributed by atoms with E-state index in [0.29, 0.717) is 16.4 Å². The monoisotopic (exact) mass is 334 g/mol. The normalized spacial score (nSPS) is 10.9. The van der Waals surface area contributed by atoms with E-state index < -0.39 is 17.2 Å². The number of nitrogens with zero attached hydrogens (tertiary/aromatic N) is 2. The van der Waals surface area contributed by atoms with Gasteiger partial charge < -0.3 is 14.4 Å². The predicted octanol–water partition coefficient (Wildman–Crippen LogP) is 2.72. The Morgan fingerprint density at radius 2 is 2.09 bits per heavy atom. The summed E-state index contributed by atoms with van der Waals surface area (Å²) < 4.78 is 18.3. The standard InChI is InChI=1S/C15H11FN2O4S/c1-18(7-8-2-4-9(16)5-3-8)15-17-12-11(23-15)6-10(13(19)20)14(21)22-12/h2-6H,7H2,1H3,(H,19,20). The van der Waals surface area contributed by atoms with E-state index in [1.807, 2.05) is 0 Å². The molecule has 0 spiro atoms. The maximum atomic E-state index is 12.9. The molecular formula is C15H11FN2O4S. The van der Waals surface area contributed by atoms with Crippen LogP contribution < -0.4 is 10.5 Å². The van der Waals surface area contributed by atoms with Crippen LogP contribution in [-0.4, -0.2) is 23.1 Å². The summed E-state index contributed by atoms with van der Waals surface area (Å²) in [7, 11) is 1.79. The van der Waals surface area contributed by atoms with Crippen molar-refractivity contribution in [3.8, 4) is 0 Å². The number of rotatable bonds is 4. The van der Waals surface area contributed by atoms with Crippen molar-refractivity contribution in [3.05, 3.63) is 57.7 Å². The summed E-state index contributed by atoms with van der Waals surface area (Å²) >= 11 is 1.21. The minimum absolute atomic E-state index is 0.103. The molecule has 118 valence electrons. The Bertz CT molecular complexity index is 933. The van der Waals surface area contributed by atoms with Gasteiger partial charge in [-0.3, -0.25) is 0 Å². The molecule has 0 unspecified atom stereocenters. The summed E-state index contributed by atoms with van der Waals surface area (Å²) in [4.78, 5) is 28.5. The van der Waals surface area contributed by atoms with E-state index in [0.717, 1.165) is 5.56 Å². The Labute approximate surface area is 133 Å². The van der Waals surface area contributed by atoms with Gasteiger partial charge in [0.15, 0.2) is 5.13 Å². The molecule has 0 aliphatic rings. The van der Waals surface area contributed by atoms with Gasteiger partial charge in [0.05, 0.1) is 4.70 Å². The van der Waals surface area contributed by atoms with Crippen LogP contribution in [0.15, 0.2) is 39.5 Å². The van der Waals surface area contributed by atoms with Gasteiger partial charge in [0.25, 0.3) is 0 Å². The van der Waals surface area contributed by atoms with Crippen LogP contribution in [0.5, 0.6) is 0 Å². The van der Waals surface area contributed by atoms with Crippen LogP contribution >= 0.6 is 11.3 Å². The van der Waals surface area contributed by atoms with Gasteiger partial charge in [0.1, 0.15) is 11.4 Å². The number of benzene rings is 1. The summed E-state index contributed by atoms with van der Waals surface area (Å²) in [6, 6.07) is 7.35. The zero-order chi connectivity index (χ0) is 16.6. The lowest BCUT2D eigenvalue weighted by Crippen LogP contribution is -2.16. The molecule has 0 fully saturated rings. The quantitative estimate of drug-likeness (QED) is 0.790. The molecule has 1 N–H and O–H groups in total. The molecule has 3 aromatic rings. The van der Waals surface area contributed by atoms with Crippen LogP contribution in [0.1, 0.15) is 15.9 Å². The first-order chi connectivity index (χ1) is 10.9. The van der Waals surface area contributed by atoms with E-state index in [9.17, 15) is 14.0 Å². The third-order valence-corrected chi connectivity index (χ3v) is 4.28. The average Bonchev–Trinajstić information content (AvgIpc) is 2.91. The molecule has 8 heteroatoms. The lowest BCUT2D eigenvalue weighted by atomic mass is 10.2. The van der Waals surface area contributed by atoms with Gasteiger partial charge in [0.2, 0.25) is 5.71 Å². The minimum atomic E-state index is -1.34. The molecule has 0 saturated heterocycles. The van der Waals surface area contributed by atoms with Crippen molar-refractivity contribution in [1.29, 1.82) is 0 Å². The summed E-state index contributed by atoms with van der Waals surface area (Å²) in [6.07, 6.45) is 0. The van der Waals surface area contributed by atoms with E-state index >= 15 is 0 Å². The van der Waals surface area contributed by atoms with E-state index in [1.54, 1.807) is 24.1 Å². The van der Waals surface area contributed by atoms with Gasteiger partial charge in [-0.05, 0) is 23.8 Å².